The Morgan fingerprint density at radius 2 is 2.10 bits per heavy atom. The van der Waals surface area contributed by atoms with Gasteiger partial charge in [-0.15, -0.1) is 0 Å². The number of hydrogen-bond donors (Lipinski definition) is 1. The lowest BCUT2D eigenvalue weighted by Gasteiger charge is -2.30. The second-order valence-electron chi connectivity index (χ2n) is 5.40. The minimum atomic E-state index is -0.449. The summed E-state index contributed by atoms with van der Waals surface area (Å²) in [6.45, 7) is 8.72. The monoisotopic (exact) mass is 296 g/mol. The van der Waals surface area contributed by atoms with E-state index < -0.39 is 5.97 Å². The Kier molecular flexibility index (Phi) is 5.78. The molecule has 0 bridgehead atoms. The lowest BCUT2D eigenvalue weighted by atomic mass is 10.2. The van der Waals surface area contributed by atoms with E-state index in [1.54, 1.807) is 6.07 Å². The number of nitrogens with zero attached hydrogens (tertiary/aromatic N) is 1. The van der Waals surface area contributed by atoms with Crippen molar-refractivity contribution < 1.29 is 18.7 Å². The van der Waals surface area contributed by atoms with Crippen LogP contribution < -0.4 is 5.32 Å². The van der Waals surface area contributed by atoms with Gasteiger partial charge in [0.05, 0.1) is 26.4 Å². The molecule has 2 unspecified atom stereocenters. The van der Waals surface area contributed by atoms with E-state index >= 15 is 0 Å². The van der Waals surface area contributed by atoms with E-state index in [1.165, 1.54) is 7.11 Å². The number of methoxy groups -OCH3 is 1. The zero-order valence-corrected chi connectivity index (χ0v) is 12.9. The Balaban J connectivity index is 1.83. The van der Waals surface area contributed by atoms with Crippen molar-refractivity contribution in [3.05, 3.63) is 23.7 Å². The molecule has 6 nitrogen and oxygen atoms in total. The second kappa shape index (κ2) is 7.59. The van der Waals surface area contributed by atoms with Crippen LogP contribution in [0.3, 0.4) is 0 Å². The van der Waals surface area contributed by atoms with Gasteiger partial charge < -0.3 is 19.2 Å². The van der Waals surface area contributed by atoms with Crippen molar-refractivity contribution in [2.75, 3.05) is 40.0 Å². The maximum Gasteiger partial charge on any atom is 0.373 e. The molecule has 2 rings (SSSR count). The summed E-state index contributed by atoms with van der Waals surface area (Å²) in [7, 11) is 1.34. The van der Waals surface area contributed by atoms with E-state index in [4.69, 9.17) is 9.15 Å². The average molecular weight is 296 g/mol. The van der Waals surface area contributed by atoms with Crippen molar-refractivity contribution in [2.24, 2.45) is 0 Å². The number of nitrogens with one attached hydrogen (secondary N) is 1. The highest BCUT2D eigenvalue weighted by Crippen LogP contribution is 2.17. The van der Waals surface area contributed by atoms with Crippen LogP contribution in [-0.4, -0.2) is 56.9 Å². The van der Waals surface area contributed by atoms with E-state index in [1.807, 2.05) is 13.0 Å². The summed E-state index contributed by atoms with van der Waals surface area (Å²) in [6, 6.07) is 3.82. The first-order chi connectivity index (χ1) is 10.1. The van der Waals surface area contributed by atoms with Gasteiger partial charge in [0.25, 0.3) is 0 Å². The largest absolute Gasteiger partial charge is 0.463 e. The summed E-state index contributed by atoms with van der Waals surface area (Å²) in [5.74, 6) is 0.529. The van der Waals surface area contributed by atoms with Crippen molar-refractivity contribution in [2.45, 2.75) is 25.9 Å². The van der Waals surface area contributed by atoms with Crippen LogP contribution >= 0.6 is 0 Å². The van der Waals surface area contributed by atoms with Gasteiger partial charge in [0.15, 0.2) is 0 Å². The van der Waals surface area contributed by atoms with Crippen molar-refractivity contribution >= 4 is 5.97 Å². The molecular formula is C15H24N2O4. The highest BCUT2D eigenvalue weighted by atomic mass is 16.5. The molecule has 6 heteroatoms. The maximum atomic E-state index is 11.4. The highest BCUT2D eigenvalue weighted by molar-refractivity contribution is 5.86. The van der Waals surface area contributed by atoms with Gasteiger partial charge in [-0.3, -0.25) is 4.90 Å². The molecule has 0 aliphatic carbocycles. The molecule has 1 aromatic heterocycles. The van der Waals surface area contributed by atoms with Crippen LogP contribution in [0, 0.1) is 0 Å². The van der Waals surface area contributed by atoms with Gasteiger partial charge in [0.2, 0.25) is 5.76 Å². The Labute approximate surface area is 125 Å². The number of hydrogen-bond acceptors (Lipinski definition) is 6. The molecule has 1 fully saturated rings. The molecule has 2 heterocycles. The van der Waals surface area contributed by atoms with Crippen molar-refractivity contribution in [3.63, 3.8) is 0 Å². The van der Waals surface area contributed by atoms with E-state index in [0.29, 0.717) is 6.04 Å². The van der Waals surface area contributed by atoms with Gasteiger partial charge in [-0.1, -0.05) is 0 Å². The Hall–Kier alpha value is -1.37. The Morgan fingerprint density at radius 1 is 1.38 bits per heavy atom. The van der Waals surface area contributed by atoms with E-state index in [0.717, 1.165) is 38.6 Å². The number of esters is 1. The highest BCUT2D eigenvalue weighted by Gasteiger charge is 2.19. The summed E-state index contributed by atoms with van der Waals surface area (Å²) < 4.78 is 15.5. The molecule has 1 N–H and O–H groups in total. The number of carbonyl (C=O) groups is 1. The first-order valence-electron chi connectivity index (χ1n) is 7.34. The molecule has 118 valence electrons. The third-order valence-corrected chi connectivity index (χ3v) is 3.61. The third-order valence-electron chi connectivity index (χ3n) is 3.61. The number of morpholine rings is 1. The lowest BCUT2D eigenvalue weighted by Crippen LogP contribution is -2.44. The molecule has 0 radical (unpaired) electrons. The molecule has 2 atom stereocenters. The summed E-state index contributed by atoms with van der Waals surface area (Å²) in [5, 5.41) is 3.49. The van der Waals surface area contributed by atoms with Crippen LogP contribution in [0.5, 0.6) is 0 Å². The van der Waals surface area contributed by atoms with E-state index in [2.05, 4.69) is 21.9 Å². The molecule has 0 aromatic carbocycles. The minimum Gasteiger partial charge on any atom is -0.463 e. The van der Waals surface area contributed by atoms with Crippen LogP contribution in [-0.2, 0) is 9.47 Å². The van der Waals surface area contributed by atoms with Gasteiger partial charge in [-0.2, -0.15) is 0 Å². The lowest BCUT2D eigenvalue weighted by molar-refractivity contribution is 0.0338. The maximum absolute atomic E-state index is 11.4. The number of ether oxygens (including phenoxy) is 2. The fourth-order valence-electron chi connectivity index (χ4n) is 2.53. The topological polar surface area (TPSA) is 63.9 Å². The molecular weight excluding hydrogens is 272 g/mol. The normalized spacial score (nSPS) is 19.2. The minimum absolute atomic E-state index is 0.0412. The predicted molar refractivity (Wildman–Crippen MR) is 78.3 cm³/mol. The average Bonchev–Trinajstić information content (AvgIpc) is 2.97. The molecule has 0 spiro atoms. The number of carbonyl (C=O) groups excluding carboxylic acids is 1. The quantitative estimate of drug-likeness (QED) is 0.801. The smallest absolute Gasteiger partial charge is 0.373 e. The second-order valence-corrected chi connectivity index (χ2v) is 5.40. The van der Waals surface area contributed by atoms with Gasteiger partial charge >= 0.3 is 5.97 Å². The number of rotatable bonds is 6. The molecule has 1 aliphatic rings. The van der Waals surface area contributed by atoms with Crippen molar-refractivity contribution in [1.29, 1.82) is 0 Å². The fraction of sp³-hybridized carbons (Fsp3) is 0.667. The van der Waals surface area contributed by atoms with Crippen molar-refractivity contribution in [3.8, 4) is 0 Å². The third kappa shape index (κ3) is 4.56. The summed E-state index contributed by atoms with van der Waals surface area (Å²) >= 11 is 0. The van der Waals surface area contributed by atoms with Crippen LogP contribution in [0.1, 0.15) is 36.2 Å². The molecule has 1 aliphatic heterocycles. The predicted octanol–water partition coefficient (Wildman–Crippen LogP) is 1.44. The van der Waals surface area contributed by atoms with Crippen LogP contribution in [0.25, 0.3) is 0 Å². The molecule has 0 amide bonds. The van der Waals surface area contributed by atoms with E-state index in [-0.39, 0.29) is 11.8 Å². The van der Waals surface area contributed by atoms with Gasteiger partial charge in [-0.05, 0) is 26.0 Å². The molecule has 0 saturated carbocycles. The van der Waals surface area contributed by atoms with Crippen LogP contribution in [0.15, 0.2) is 16.5 Å². The van der Waals surface area contributed by atoms with Crippen LogP contribution in [0.2, 0.25) is 0 Å². The van der Waals surface area contributed by atoms with Gasteiger partial charge in [0.1, 0.15) is 5.76 Å². The van der Waals surface area contributed by atoms with Gasteiger partial charge in [0, 0.05) is 25.7 Å². The standard InChI is InChI=1S/C15H24N2O4/c1-11(10-17-6-8-20-9-7-17)16-12(2)13-4-5-14(21-13)15(18)19-3/h4-5,11-12,16H,6-10H2,1-3H3. The summed E-state index contributed by atoms with van der Waals surface area (Å²) in [4.78, 5) is 13.8. The van der Waals surface area contributed by atoms with Crippen LogP contribution in [0.4, 0.5) is 0 Å². The SMILES string of the molecule is COC(=O)c1ccc(C(C)NC(C)CN2CCOCC2)o1. The van der Waals surface area contributed by atoms with E-state index in [9.17, 15) is 4.79 Å². The zero-order chi connectivity index (χ0) is 15.2. The Bertz CT molecular complexity index is 454. The zero-order valence-electron chi connectivity index (χ0n) is 12.9. The summed E-state index contributed by atoms with van der Waals surface area (Å²) in [5.41, 5.74) is 0. The fourth-order valence-corrected chi connectivity index (χ4v) is 2.53. The van der Waals surface area contributed by atoms with Crippen molar-refractivity contribution in [1.82, 2.24) is 10.2 Å². The molecule has 1 saturated heterocycles. The molecule has 1 aromatic rings. The summed E-state index contributed by atoms with van der Waals surface area (Å²) in [6.07, 6.45) is 0. The first kappa shape index (κ1) is 16.0. The number of furan rings is 1. The first-order valence-corrected chi connectivity index (χ1v) is 7.34. The Morgan fingerprint density at radius 3 is 2.76 bits per heavy atom. The molecule has 21 heavy (non-hydrogen) atoms. The van der Waals surface area contributed by atoms with Gasteiger partial charge in [-0.25, -0.2) is 4.79 Å².